The second kappa shape index (κ2) is 13.1. The normalized spacial score (nSPS) is 8.64. The molecule has 0 aromatic rings. The second-order valence-corrected chi connectivity index (χ2v) is 2.56. The minimum absolute atomic E-state index is 0. The Morgan fingerprint density at radius 3 is 1.73 bits per heavy atom. The summed E-state index contributed by atoms with van der Waals surface area (Å²) in [6.07, 6.45) is 0.616. The quantitative estimate of drug-likeness (QED) is 0.444. The molecule has 0 amide bonds. The van der Waals surface area contributed by atoms with E-state index in [1.165, 1.54) is 0 Å². The predicted octanol–water partition coefficient (Wildman–Crippen LogP) is -1.44. The Kier molecular flexibility index (Phi) is 28.3. The molecule has 0 atom stereocenters. The Bertz CT molecular complexity index is 105. The van der Waals surface area contributed by atoms with E-state index < -0.39 is 7.82 Å². The molecule has 0 radical (unpaired) electrons. The van der Waals surface area contributed by atoms with Gasteiger partial charge in [-0.25, -0.2) is 4.57 Å². The topological polar surface area (TPSA) is 66.8 Å². The SMILES string of the molecule is CCCOP(=O)(O)O.[NaH].[NaH].[NaH]. The van der Waals surface area contributed by atoms with Crippen LogP contribution >= 0.6 is 7.82 Å². The third kappa shape index (κ3) is 24.6. The van der Waals surface area contributed by atoms with Gasteiger partial charge in [-0.1, -0.05) is 6.92 Å². The fourth-order valence-electron chi connectivity index (χ4n) is 0.210. The average molecular weight is 212 g/mol. The van der Waals surface area contributed by atoms with Gasteiger partial charge in [-0.3, -0.25) is 4.52 Å². The fourth-order valence-corrected chi connectivity index (χ4v) is 0.631. The molecule has 0 aliphatic carbocycles. The first-order chi connectivity index (χ1) is 3.56. The molecule has 0 saturated carbocycles. The van der Waals surface area contributed by atoms with E-state index in [4.69, 9.17) is 9.79 Å². The molecule has 11 heavy (non-hydrogen) atoms. The molecule has 4 nitrogen and oxygen atoms in total. The van der Waals surface area contributed by atoms with Crippen molar-refractivity contribution in [3.05, 3.63) is 0 Å². The van der Waals surface area contributed by atoms with E-state index in [1.54, 1.807) is 6.92 Å². The molecule has 0 aromatic heterocycles. The Morgan fingerprint density at radius 1 is 1.27 bits per heavy atom. The molecule has 0 unspecified atom stereocenters. The second-order valence-electron chi connectivity index (χ2n) is 1.32. The van der Waals surface area contributed by atoms with E-state index in [0.29, 0.717) is 6.42 Å². The van der Waals surface area contributed by atoms with E-state index in [-0.39, 0.29) is 95.3 Å². The molecule has 0 rings (SSSR count). The van der Waals surface area contributed by atoms with Gasteiger partial charge in [0.15, 0.2) is 0 Å². The third-order valence-electron chi connectivity index (χ3n) is 0.464. The van der Waals surface area contributed by atoms with Gasteiger partial charge >= 0.3 is 96.5 Å². The van der Waals surface area contributed by atoms with Crippen LogP contribution in [0.2, 0.25) is 0 Å². The Balaban J connectivity index is -0.0000000817. The Hall–Kier alpha value is 3.11. The number of hydrogen-bond acceptors (Lipinski definition) is 2. The van der Waals surface area contributed by atoms with Gasteiger partial charge in [0.25, 0.3) is 0 Å². The van der Waals surface area contributed by atoms with Crippen LogP contribution < -0.4 is 0 Å². The molecule has 0 aliphatic heterocycles. The first kappa shape index (κ1) is 23.7. The zero-order chi connectivity index (χ0) is 6.62. The van der Waals surface area contributed by atoms with Gasteiger partial charge in [0, 0.05) is 0 Å². The maximum atomic E-state index is 9.86. The summed E-state index contributed by atoms with van der Waals surface area (Å²) in [5, 5.41) is 0. The Morgan fingerprint density at radius 2 is 1.64 bits per heavy atom. The van der Waals surface area contributed by atoms with Crippen molar-refractivity contribution in [2.45, 2.75) is 13.3 Å². The van der Waals surface area contributed by atoms with Crippen molar-refractivity contribution in [2.75, 3.05) is 6.61 Å². The van der Waals surface area contributed by atoms with E-state index in [0.717, 1.165) is 0 Å². The van der Waals surface area contributed by atoms with Crippen molar-refractivity contribution in [3.8, 4) is 0 Å². The third-order valence-corrected chi connectivity index (χ3v) is 0.983. The summed E-state index contributed by atoms with van der Waals surface area (Å²) in [4.78, 5) is 16.1. The van der Waals surface area contributed by atoms with E-state index in [2.05, 4.69) is 4.52 Å². The summed E-state index contributed by atoms with van der Waals surface area (Å²) in [5.74, 6) is 0. The summed E-state index contributed by atoms with van der Waals surface area (Å²) in [5.41, 5.74) is 0. The summed E-state index contributed by atoms with van der Waals surface area (Å²) >= 11 is 0. The van der Waals surface area contributed by atoms with Crippen LogP contribution in [0.4, 0.5) is 0 Å². The van der Waals surface area contributed by atoms with Crippen molar-refractivity contribution >= 4 is 96.5 Å². The predicted molar refractivity (Wildman–Crippen MR) is 49.7 cm³/mol. The van der Waals surface area contributed by atoms with Crippen LogP contribution in [0.15, 0.2) is 0 Å². The standard InChI is InChI=1S/C3H9O4P.3Na.3H/c1-2-3-7-8(4,5)6;;;;;;/h2-3H2,1H3,(H2,4,5,6);;;;;;. The van der Waals surface area contributed by atoms with Gasteiger partial charge in [-0.2, -0.15) is 0 Å². The number of phosphoric ester groups is 1. The summed E-state index contributed by atoms with van der Waals surface area (Å²) in [6.45, 7) is 1.89. The van der Waals surface area contributed by atoms with Crippen LogP contribution in [0.5, 0.6) is 0 Å². The molecule has 0 aromatic carbocycles. The zero-order valence-electron chi connectivity index (χ0n) is 4.57. The molecule has 0 fully saturated rings. The molecule has 0 heterocycles. The van der Waals surface area contributed by atoms with Crippen molar-refractivity contribution in [2.24, 2.45) is 0 Å². The molecular formula is C3H12Na3O4P. The van der Waals surface area contributed by atoms with E-state index in [1.807, 2.05) is 0 Å². The van der Waals surface area contributed by atoms with Gasteiger partial charge in [0.05, 0.1) is 6.61 Å². The van der Waals surface area contributed by atoms with Gasteiger partial charge in [0.1, 0.15) is 0 Å². The molecule has 0 bridgehead atoms. The average Bonchev–Trinajstić information content (AvgIpc) is 1.59. The van der Waals surface area contributed by atoms with Crippen molar-refractivity contribution in [3.63, 3.8) is 0 Å². The van der Waals surface area contributed by atoms with Gasteiger partial charge < -0.3 is 9.79 Å². The molecular weight excluding hydrogens is 200 g/mol. The summed E-state index contributed by atoms with van der Waals surface area (Å²) in [7, 11) is -4.18. The molecule has 8 heteroatoms. The van der Waals surface area contributed by atoms with Crippen molar-refractivity contribution in [1.82, 2.24) is 0 Å². The first-order valence-electron chi connectivity index (χ1n) is 2.26. The van der Waals surface area contributed by atoms with Gasteiger partial charge in [-0.05, 0) is 6.42 Å². The van der Waals surface area contributed by atoms with Crippen LogP contribution in [0.3, 0.4) is 0 Å². The summed E-state index contributed by atoms with van der Waals surface area (Å²) in [6, 6.07) is 0. The molecule has 2 N–H and O–H groups in total. The molecule has 0 aliphatic rings. The first-order valence-corrected chi connectivity index (χ1v) is 3.79. The number of rotatable bonds is 3. The van der Waals surface area contributed by atoms with Crippen LogP contribution in [-0.4, -0.2) is 105 Å². The van der Waals surface area contributed by atoms with Crippen LogP contribution in [0, 0.1) is 0 Å². The van der Waals surface area contributed by atoms with Gasteiger partial charge in [-0.15, -0.1) is 0 Å². The molecule has 0 spiro atoms. The van der Waals surface area contributed by atoms with Crippen LogP contribution in [0.1, 0.15) is 13.3 Å². The number of hydrogen-bond donors (Lipinski definition) is 2. The van der Waals surface area contributed by atoms with Gasteiger partial charge in [0.2, 0.25) is 0 Å². The molecule has 56 valence electrons. The minimum atomic E-state index is -4.18. The van der Waals surface area contributed by atoms with Crippen LogP contribution in [0.25, 0.3) is 0 Å². The fraction of sp³-hybridized carbons (Fsp3) is 1.00. The number of phosphoric acid groups is 1. The monoisotopic (exact) mass is 212 g/mol. The zero-order valence-corrected chi connectivity index (χ0v) is 5.47. The maximum absolute atomic E-state index is 9.86. The van der Waals surface area contributed by atoms with Crippen molar-refractivity contribution < 1.29 is 18.9 Å². The van der Waals surface area contributed by atoms with E-state index in [9.17, 15) is 4.57 Å². The van der Waals surface area contributed by atoms with Crippen molar-refractivity contribution in [1.29, 1.82) is 0 Å². The molecule has 0 saturated heterocycles. The Labute approximate surface area is 133 Å². The van der Waals surface area contributed by atoms with Crippen LogP contribution in [-0.2, 0) is 9.09 Å². The summed E-state index contributed by atoms with van der Waals surface area (Å²) < 4.78 is 13.9. The van der Waals surface area contributed by atoms with E-state index >= 15 is 0 Å².